The molecule has 1 aromatic carbocycles. The van der Waals surface area contributed by atoms with E-state index in [1.165, 1.54) is 0 Å². The lowest BCUT2D eigenvalue weighted by Gasteiger charge is -2.38. The molecule has 1 aliphatic carbocycles. The number of amides is 3. The summed E-state index contributed by atoms with van der Waals surface area (Å²) in [7, 11) is 0. The van der Waals surface area contributed by atoms with E-state index in [2.05, 4.69) is 14.7 Å². The zero-order valence-corrected chi connectivity index (χ0v) is 21.6. The van der Waals surface area contributed by atoms with E-state index < -0.39 is 23.4 Å². The van der Waals surface area contributed by atoms with E-state index in [1.54, 1.807) is 11.1 Å². The zero-order valence-electron chi connectivity index (χ0n) is 20.8. The molecule has 0 radical (unpaired) electrons. The standard InChI is InChI=1S/C26H32N6O3S/c1-4-26(2,3)30-24(34)21(16-11-12-18-15(14-16)8-7-13-29-18)32(17-9-5-6-10-17)25(35)22-19(27)20(23(28)33)31-36-22/h7-8,11-14,17,21H,4-6,9-10,27H2,1-3H3,(H2,28,33)(H,30,34)/t21-/m1/s1. The minimum atomic E-state index is -0.908. The van der Waals surface area contributed by atoms with E-state index >= 15 is 0 Å². The van der Waals surface area contributed by atoms with Gasteiger partial charge in [-0.25, -0.2) is 0 Å². The Hall–Kier alpha value is -3.53. The Morgan fingerprint density at radius 1 is 1.22 bits per heavy atom. The van der Waals surface area contributed by atoms with Gasteiger partial charge >= 0.3 is 0 Å². The van der Waals surface area contributed by atoms with Gasteiger partial charge in [0.15, 0.2) is 5.69 Å². The topological polar surface area (TPSA) is 144 Å². The number of carbonyl (C=O) groups is 3. The molecule has 2 heterocycles. The van der Waals surface area contributed by atoms with E-state index in [9.17, 15) is 14.4 Å². The first-order valence-electron chi connectivity index (χ1n) is 12.2. The van der Waals surface area contributed by atoms with E-state index in [0.717, 1.165) is 48.1 Å². The summed E-state index contributed by atoms with van der Waals surface area (Å²) in [6.45, 7) is 5.91. The molecule has 1 saturated carbocycles. The Labute approximate surface area is 214 Å². The Morgan fingerprint density at radius 2 is 1.94 bits per heavy atom. The van der Waals surface area contributed by atoms with Crippen LogP contribution in [0.25, 0.3) is 10.9 Å². The maximum Gasteiger partial charge on any atom is 0.270 e. The number of nitrogens with two attached hydrogens (primary N) is 2. The number of hydrogen-bond donors (Lipinski definition) is 3. The van der Waals surface area contributed by atoms with Gasteiger partial charge in [0.05, 0.1) is 11.2 Å². The number of primary amides is 1. The minimum absolute atomic E-state index is 0.0451. The van der Waals surface area contributed by atoms with Crippen molar-refractivity contribution in [1.82, 2.24) is 19.6 Å². The average Bonchev–Trinajstić information content (AvgIpc) is 3.51. The summed E-state index contributed by atoms with van der Waals surface area (Å²) in [5, 5.41) is 4.00. The van der Waals surface area contributed by atoms with Gasteiger partial charge in [0.1, 0.15) is 10.9 Å². The molecular weight excluding hydrogens is 476 g/mol. The van der Waals surface area contributed by atoms with Crippen LogP contribution in [0.1, 0.15) is 84.6 Å². The minimum Gasteiger partial charge on any atom is -0.395 e. The van der Waals surface area contributed by atoms with Gasteiger partial charge in [0.25, 0.3) is 11.8 Å². The molecule has 1 atom stereocenters. The first-order chi connectivity index (χ1) is 17.1. The van der Waals surface area contributed by atoms with Crippen molar-refractivity contribution in [2.24, 2.45) is 5.73 Å². The summed E-state index contributed by atoms with van der Waals surface area (Å²) < 4.78 is 4.02. The van der Waals surface area contributed by atoms with Crippen LogP contribution in [0, 0.1) is 0 Å². The van der Waals surface area contributed by atoms with Crippen LogP contribution in [0.15, 0.2) is 36.5 Å². The maximum absolute atomic E-state index is 14.1. The molecular formula is C26H32N6O3S. The van der Waals surface area contributed by atoms with Crippen LogP contribution >= 0.6 is 11.5 Å². The fourth-order valence-electron chi connectivity index (χ4n) is 4.62. The number of nitrogens with one attached hydrogen (secondary N) is 1. The third kappa shape index (κ3) is 5.04. The number of aromatic nitrogens is 2. The molecule has 9 nitrogen and oxygen atoms in total. The zero-order chi connectivity index (χ0) is 26.0. The van der Waals surface area contributed by atoms with Crippen LogP contribution in [0.4, 0.5) is 5.69 Å². The van der Waals surface area contributed by atoms with Gasteiger partial charge < -0.3 is 21.7 Å². The lowest BCUT2D eigenvalue weighted by Crippen LogP contribution is -2.52. The molecule has 2 aromatic heterocycles. The summed E-state index contributed by atoms with van der Waals surface area (Å²) in [6, 6.07) is 8.31. The van der Waals surface area contributed by atoms with Crippen molar-refractivity contribution in [3.63, 3.8) is 0 Å². The van der Waals surface area contributed by atoms with Crippen molar-refractivity contribution in [2.75, 3.05) is 5.73 Å². The van der Waals surface area contributed by atoms with Gasteiger partial charge in [0, 0.05) is 23.2 Å². The number of fused-ring (bicyclic) bond motifs is 1. The first kappa shape index (κ1) is 25.6. The summed E-state index contributed by atoms with van der Waals surface area (Å²) in [5.74, 6) is -1.50. The monoisotopic (exact) mass is 508 g/mol. The van der Waals surface area contributed by atoms with Crippen LogP contribution in [-0.4, -0.2) is 43.6 Å². The number of nitrogens with zero attached hydrogens (tertiary/aromatic N) is 3. The molecule has 4 rings (SSSR count). The van der Waals surface area contributed by atoms with E-state index in [4.69, 9.17) is 11.5 Å². The summed E-state index contributed by atoms with van der Waals surface area (Å²) in [5.41, 5.74) is 12.4. The molecule has 1 fully saturated rings. The van der Waals surface area contributed by atoms with Crippen LogP contribution in [0.5, 0.6) is 0 Å². The second-order valence-corrected chi connectivity index (χ2v) is 10.6. The quantitative estimate of drug-likeness (QED) is 0.422. The molecule has 0 saturated heterocycles. The number of benzene rings is 1. The summed E-state index contributed by atoms with van der Waals surface area (Å²) in [4.78, 5) is 45.9. The number of carbonyl (C=O) groups excluding carboxylic acids is 3. The molecule has 0 spiro atoms. The normalized spacial score (nSPS) is 15.1. The molecule has 0 unspecified atom stereocenters. The molecule has 10 heteroatoms. The first-order valence-corrected chi connectivity index (χ1v) is 12.9. The number of nitrogen functional groups attached to an aromatic ring is 1. The van der Waals surface area contributed by atoms with Crippen molar-refractivity contribution in [2.45, 2.75) is 70.5 Å². The third-order valence-electron chi connectivity index (χ3n) is 6.92. The van der Waals surface area contributed by atoms with Gasteiger partial charge in [-0.1, -0.05) is 31.9 Å². The van der Waals surface area contributed by atoms with Crippen molar-refractivity contribution < 1.29 is 14.4 Å². The molecule has 3 aromatic rings. The smallest absolute Gasteiger partial charge is 0.270 e. The largest absolute Gasteiger partial charge is 0.395 e. The summed E-state index contributed by atoms with van der Waals surface area (Å²) >= 11 is 0.835. The molecule has 1 aliphatic rings. The highest BCUT2D eigenvalue weighted by molar-refractivity contribution is 7.09. The lowest BCUT2D eigenvalue weighted by atomic mass is 9.96. The number of rotatable bonds is 8. The van der Waals surface area contributed by atoms with E-state index in [-0.39, 0.29) is 28.2 Å². The molecule has 5 N–H and O–H groups in total. The van der Waals surface area contributed by atoms with Crippen LogP contribution in [-0.2, 0) is 4.79 Å². The summed E-state index contributed by atoms with van der Waals surface area (Å²) in [6.07, 6.45) is 5.87. The lowest BCUT2D eigenvalue weighted by molar-refractivity contribution is -0.128. The van der Waals surface area contributed by atoms with Gasteiger partial charge in [-0.3, -0.25) is 19.4 Å². The predicted octanol–water partition coefficient (Wildman–Crippen LogP) is 3.80. The van der Waals surface area contributed by atoms with Crippen molar-refractivity contribution in [1.29, 1.82) is 0 Å². The van der Waals surface area contributed by atoms with Crippen molar-refractivity contribution in [3.8, 4) is 0 Å². The molecule has 36 heavy (non-hydrogen) atoms. The fraction of sp³-hybridized carbons (Fsp3) is 0.423. The Bertz CT molecular complexity index is 1300. The van der Waals surface area contributed by atoms with Crippen LogP contribution < -0.4 is 16.8 Å². The number of pyridine rings is 1. The Balaban J connectivity index is 1.86. The van der Waals surface area contributed by atoms with Crippen LogP contribution in [0.2, 0.25) is 0 Å². The highest BCUT2D eigenvalue weighted by Gasteiger charge is 2.41. The van der Waals surface area contributed by atoms with Crippen molar-refractivity contribution in [3.05, 3.63) is 52.7 Å². The van der Waals surface area contributed by atoms with E-state index in [1.807, 2.05) is 51.1 Å². The second kappa shape index (κ2) is 10.2. The van der Waals surface area contributed by atoms with Crippen molar-refractivity contribution >= 4 is 45.8 Å². The molecule has 3 amide bonds. The molecule has 0 bridgehead atoms. The number of anilines is 1. The SMILES string of the molecule is CCC(C)(C)NC(=O)[C@@H](c1ccc2ncccc2c1)N(C(=O)c1snc(C(N)=O)c1N)C1CCCC1. The van der Waals surface area contributed by atoms with Gasteiger partial charge in [-0.05, 0) is 68.4 Å². The van der Waals surface area contributed by atoms with Gasteiger partial charge in [-0.15, -0.1) is 0 Å². The van der Waals surface area contributed by atoms with Gasteiger partial charge in [-0.2, -0.15) is 4.37 Å². The second-order valence-electron chi connectivity index (χ2n) is 9.87. The highest BCUT2D eigenvalue weighted by Crippen LogP contribution is 2.36. The van der Waals surface area contributed by atoms with Crippen LogP contribution in [0.3, 0.4) is 0 Å². The van der Waals surface area contributed by atoms with Gasteiger partial charge in [0.2, 0.25) is 5.91 Å². The highest BCUT2D eigenvalue weighted by atomic mass is 32.1. The fourth-order valence-corrected chi connectivity index (χ4v) is 5.36. The third-order valence-corrected chi connectivity index (χ3v) is 7.77. The Kier molecular flexibility index (Phi) is 7.26. The van der Waals surface area contributed by atoms with E-state index in [0.29, 0.717) is 12.0 Å². The molecule has 0 aliphatic heterocycles. The predicted molar refractivity (Wildman–Crippen MR) is 140 cm³/mol. The maximum atomic E-state index is 14.1. The Morgan fingerprint density at radius 3 is 2.58 bits per heavy atom. The number of hydrogen-bond acceptors (Lipinski definition) is 7. The molecule has 190 valence electrons. The average molecular weight is 509 g/mol.